The normalized spacial score (nSPS) is 12.1. The van der Waals surface area contributed by atoms with Crippen LogP contribution >= 0.6 is 0 Å². The number of benzene rings is 2. The summed E-state index contributed by atoms with van der Waals surface area (Å²) in [6.45, 7) is -0.557. The predicted octanol–water partition coefficient (Wildman–Crippen LogP) is 3.45. The topological polar surface area (TPSA) is 35.2 Å². The average Bonchev–Trinajstić information content (AvgIpc) is 2.40. The number of alkyl halides is 1. The van der Waals surface area contributed by atoms with Gasteiger partial charge >= 0.3 is 0 Å². The van der Waals surface area contributed by atoms with Crippen LogP contribution in [-0.2, 0) is 0 Å². The van der Waals surface area contributed by atoms with Crippen LogP contribution in [-0.4, -0.2) is 6.67 Å². The molecule has 0 spiro atoms. The van der Waals surface area contributed by atoms with Crippen LogP contribution in [0.25, 0.3) is 0 Å². The number of halogens is 1. The van der Waals surface area contributed by atoms with E-state index in [0.717, 1.165) is 11.3 Å². The van der Waals surface area contributed by atoms with E-state index in [1.165, 1.54) is 0 Å². The first kappa shape index (κ1) is 11.6. The third-order valence-corrected chi connectivity index (χ3v) is 2.45. The highest BCUT2D eigenvalue weighted by Crippen LogP contribution is 2.22. The maximum absolute atomic E-state index is 12.4. The summed E-state index contributed by atoms with van der Waals surface area (Å²) >= 11 is 0. The summed E-state index contributed by atoms with van der Waals surface area (Å²) in [5.74, 6) is 1.49. The summed E-state index contributed by atoms with van der Waals surface area (Å²) in [6.07, 6.45) is 0. The van der Waals surface area contributed by atoms with Gasteiger partial charge in [-0.3, -0.25) is 0 Å². The molecule has 2 rings (SSSR count). The van der Waals surface area contributed by atoms with E-state index in [9.17, 15) is 4.39 Å². The summed E-state index contributed by atoms with van der Waals surface area (Å²) in [5.41, 5.74) is 6.35. The Hall–Kier alpha value is -1.87. The molecule has 0 heterocycles. The zero-order valence-corrected chi connectivity index (χ0v) is 9.34. The van der Waals surface area contributed by atoms with Gasteiger partial charge in [-0.1, -0.05) is 30.3 Å². The predicted molar refractivity (Wildman–Crippen MR) is 65.9 cm³/mol. The quantitative estimate of drug-likeness (QED) is 0.874. The van der Waals surface area contributed by atoms with E-state index < -0.39 is 12.7 Å². The third-order valence-electron chi connectivity index (χ3n) is 2.45. The van der Waals surface area contributed by atoms with Crippen molar-refractivity contribution in [3.8, 4) is 11.5 Å². The Balaban J connectivity index is 2.08. The van der Waals surface area contributed by atoms with Crippen LogP contribution in [0.2, 0.25) is 0 Å². The Morgan fingerprint density at radius 1 is 0.941 bits per heavy atom. The van der Waals surface area contributed by atoms with Gasteiger partial charge in [-0.15, -0.1) is 0 Å². The monoisotopic (exact) mass is 231 g/mol. The molecule has 1 atom stereocenters. The van der Waals surface area contributed by atoms with Crippen molar-refractivity contribution >= 4 is 0 Å². The molecule has 2 aromatic rings. The minimum atomic E-state index is -0.557. The smallest absolute Gasteiger partial charge is 0.127 e. The fourth-order valence-electron chi connectivity index (χ4n) is 1.50. The molecule has 0 saturated carbocycles. The van der Waals surface area contributed by atoms with E-state index in [1.807, 2.05) is 30.3 Å². The summed E-state index contributed by atoms with van der Waals surface area (Å²) in [5, 5.41) is 0. The molecule has 0 aliphatic rings. The van der Waals surface area contributed by atoms with Gasteiger partial charge in [0.2, 0.25) is 0 Å². The number of nitrogens with two attached hydrogens (primary N) is 1. The lowest BCUT2D eigenvalue weighted by Crippen LogP contribution is -2.11. The lowest BCUT2D eigenvalue weighted by atomic mass is 10.1. The lowest BCUT2D eigenvalue weighted by molar-refractivity contribution is 0.436. The van der Waals surface area contributed by atoms with E-state index in [-0.39, 0.29) is 0 Å². The van der Waals surface area contributed by atoms with Gasteiger partial charge < -0.3 is 10.5 Å². The van der Waals surface area contributed by atoms with E-state index in [0.29, 0.717) is 5.75 Å². The first-order valence-electron chi connectivity index (χ1n) is 5.44. The highest BCUT2D eigenvalue weighted by atomic mass is 19.1. The Bertz CT molecular complexity index is 455. The zero-order valence-electron chi connectivity index (χ0n) is 9.34. The summed E-state index contributed by atoms with van der Waals surface area (Å²) in [7, 11) is 0. The largest absolute Gasteiger partial charge is 0.457 e. The van der Waals surface area contributed by atoms with Crippen LogP contribution in [0.1, 0.15) is 11.6 Å². The Kier molecular flexibility index (Phi) is 3.73. The van der Waals surface area contributed by atoms with E-state index >= 15 is 0 Å². The Labute approximate surface area is 99.8 Å². The van der Waals surface area contributed by atoms with Gasteiger partial charge in [-0.2, -0.15) is 0 Å². The first-order chi connectivity index (χ1) is 8.29. The Morgan fingerprint density at radius 2 is 1.53 bits per heavy atom. The number of rotatable bonds is 4. The molecule has 0 bridgehead atoms. The molecule has 0 aliphatic heterocycles. The number of ether oxygens (including phenoxy) is 1. The summed E-state index contributed by atoms with van der Waals surface area (Å²) in [6, 6.07) is 16.1. The van der Waals surface area contributed by atoms with E-state index in [2.05, 4.69) is 0 Å². The van der Waals surface area contributed by atoms with Crippen molar-refractivity contribution in [3.63, 3.8) is 0 Å². The number of para-hydroxylation sites is 1. The van der Waals surface area contributed by atoms with Gasteiger partial charge in [0.05, 0.1) is 6.04 Å². The summed E-state index contributed by atoms with van der Waals surface area (Å²) in [4.78, 5) is 0. The van der Waals surface area contributed by atoms with Gasteiger partial charge in [0.15, 0.2) is 0 Å². The average molecular weight is 231 g/mol. The van der Waals surface area contributed by atoms with Crippen LogP contribution < -0.4 is 10.5 Å². The van der Waals surface area contributed by atoms with Crippen molar-refractivity contribution in [2.45, 2.75) is 6.04 Å². The second-order valence-electron chi connectivity index (χ2n) is 3.74. The van der Waals surface area contributed by atoms with Gasteiger partial charge in [0, 0.05) is 0 Å². The minimum Gasteiger partial charge on any atom is -0.457 e. The highest BCUT2D eigenvalue weighted by molar-refractivity contribution is 5.33. The highest BCUT2D eigenvalue weighted by Gasteiger charge is 2.05. The number of hydrogen-bond acceptors (Lipinski definition) is 2. The molecule has 0 aliphatic carbocycles. The van der Waals surface area contributed by atoms with Crippen LogP contribution in [0.3, 0.4) is 0 Å². The van der Waals surface area contributed by atoms with Crippen molar-refractivity contribution in [1.82, 2.24) is 0 Å². The fraction of sp³-hybridized carbons (Fsp3) is 0.143. The van der Waals surface area contributed by atoms with E-state index in [4.69, 9.17) is 10.5 Å². The van der Waals surface area contributed by atoms with Crippen molar-refractivity contribution in [2.24, 2.45) is 5.73 Å². The molecule has 0 aromatic heterocycles. The molecule has 3 heteroatoms. The Morgan fingerprint density at radius 3 is 2.12 bits per heavy atom. The molecule has 0 fully saturated rings. The standard InChI is InChI=1S/C14H14FNO/c15-10-14(16)11-6-8-13(9-7-11)17-12-4-2-1-3-5-12/h1-9,14H,10,16H2/t14-/m0/s1. The van der Waals surface area contributed by atoms with Crippen molar-refractivity contribution in [2.75, 3.05) is 6.67 Å². The van der Waals surface area contributed by atoms with Crippen LogP contribution in [0.4, 0.5) is 4.39 Å². The molecule has 17 heavy (non-hydrogen) atoms. The molecular formula is C14H14FNO. The SMILES string of the molecule is N[C@@H](CF)c1ccc(Oc2ccccc2)cc1. The summed E-state index contributed by atoms with van der Waals surface area (Å²) < 4.78 is 18.0. The molecule has 0 amide bonds. The van der Waals surface area contributed by atoms with Crippen LogP contribution in [0, 0.1) is 0 Å². The molecule has 88 valence electrons. The first-order valence-corrected chi connectivity index (χ1v) is 5.44. The molecule has 0 radical (unpaired) electrons. The van der Waals surface area contributed by atoms with Gasteiger partial charge in [-0.25, -0.2) is 4.39 Å². The second kappa shape index (κ2) is 5.46. The van der Waals surface area contributed by atoms with Crippen LogP contribution in [0.5, 0.6) is 11.5 Å². The molecule has 2 nitrogen and oxygen atoms in total. The van der Waals surface area contributed by atoms with Crippen molar-refractivity contribution in [3.05, 3.63) is 60.2 Å². The third kappa shape index (κ3) is 3.04. The van der Waals surface area contributed by atoms with Gasteiger partial charge in [0.1, 0.15) is 18.2 Å². The fourth-order valence-corrected chi connectivity index (χ4v) is 1.50. The van der Waals surface area contributed by atoms with Crippen molar-refractivity contribution in [1.29, 1.82) is 0 Å². The van der Waals surface area contributed by atoms with Crippen molar-refractivity contribution < 1.29 is 9.13 Å². The maximum Gasteiger partial charge on any atom is 0.127 e. The van der Waals surface area contributed by atoms with Crippen LogP contribution in [0.15, 0.2) is 54.6 Å². The molecule has 0 unspecified atom stereocenters. The van der Waals surface area contributed by atoms with E-state index in [1.54, 1.807) is 24.3 Å². The minimum absolute atomic E-state index is 0.555. The number of hydrogen-bond donors (Lipinski definition) is 1. The molecule has 2 N–H and O–H groups in total. The van der Waals surface area contributed by atoms with Gasteiger partial charge in [-0.05, 0) is 29.8 Å². The zero-order chi connectivity index (χ0) is 12.1. The maximum atomic E-state index is 12.4. The second-order valence-corrected chi connectivity index (χ2v) is 3.74. The molecule has 0 saturated heterocycles. The molecule has 2 aromatic carbocycles. The lowest BCUT2D eigenvalue weighted by Gasteiger charge is -2.09. The van der Waals surface area contributed by atoms with Gasteiger partial charge in [0.25, 0.3) is 0 Å². The molecular weight excluding hydrogens is 217 g/mol.